The molecule has 2 aromatic rings. The SMILES string of the molecule is CCOC(=O)c1cc(-c2cc(OC)ncn2)[nH]n1. The first-order chi connectivity index (χ1) is 8.74. The molecule has 0 amide bonds. The molecule has 0 atom stereocenters. The van der Waals surface area contributed by atoms with Gasteiger partial charge >= 0.3 is 5.97 Å². The van der Waals surface area contributed by atoms with Crippen LogP contribution in [0.1, 0.15) is 17.4 Å². The predicted molar refractivity (Wildman–Crippen MR) is 62.1 cm³/mol. The lowest BCUT2D eigenvalue weighted by atomic mass is 10.2. The summed E-state index contributed by atoms with van der Waals surface area (Å²) in [5.41, 5.74) is 1.40. The van der Waals surface area contributed by atoms with Crippen LogP contribution in [-0.2, 0) is 4.74 Å². The zero-order chi connectivity index (χ0) is 13.0. The second kappa shape index (κ2) is 5.26. The van der Waals surface area contributed by atoms with Crippen molar-refractivity contribution in [2.75, 3.05) is 13.7 Å². The summed E-state index contributed by atoms with van der Waals surface area (Å²) < 4.78 is 9.84. The third-order valence-electron chi connectivity index (χ3n) is 2.19. The summed E-state index contributed by atoms with van der Waals surface area (Å²) in [7, 11) is 1.52. The number of hydrogen-bond acceptors (Lipinski definition) is 6. The number of H-pyrrole nitrogens is 1. The molecule has 0 fully saturated rings. The van der Waals surface area contributed by atoms with E-state index in [9.17, 15) is 4.79 Å². The first kappa shape index (κ1) is 12.0. The molecule has 2 heterocycles. The summed E-state index contributed by atoms with van der Waals surface area (Å²) in [6.07, 6.45) is 1.37. The molecule has 1 N–H and O–H groups in total. The van der Waals surface area contributed by atoms with Gasteiger partial charge in [-0.2, -0.15) is 5.10 Å². The highest BCUT2D eigenvalue weighted by molar-refractivity contribution is 5.88. The predicted octanol–water partition coefficient (Wildman–Crippen LogP) is 1.05. The first-order valence-electron chi connectivity index (χ1n) is 5.33. The van der Waals surface area contributed by atoms with E-state index in [-0.39, 0.29) is 5.69 Å². The molecule has 0 radical (unpaired) electrons. The van der Waals surface area contributed by atoms with Crippen LogP contribution in [-0.4, -0.2) is 39.9 Å². The Balaban J connectivity index is 2.26. The van der Waals surface area contributed by atoms with Crippen molar-refractivity contribution >= 4 is 5.97 Å². The van der Waals surface area contributed by atoms with Gasteiger partial charge in [0.25, 0.3) is 0 Å². The van der Waals surface area contributed by atoms with Gasteiger partial charge in [-0.3, -0.25) is 5.10 Å². The lowest BCUT2D eigenvalue weighted by Crippen LogP contribution is -2.04. The quantitative estimate of drug-likeness (QED) is 0.813. The fraction of sp³-hybridized carbons (Fsp3) is 0.273. The molecule has 0 saturated heterocycles. The zero-order valence-electron chi connectivity index (χ0n) is 10.0. The average Bonchev–Trinajstić information content (AvgIpc) is 2.89. The van der Waals surface area contributed by atoms with Crippen LogP contribution >= 0.6 is 0 Å². The van der Waals surface area contributed by atoms with Crippen LogP contribution in [0, 0.1) is 0 Å². The van der Waals surface area contributed by atoms with E-state index < -0.39 is 5.97 Å². The number of nitrogens with zero attached hydrogens (tertiary/aromatic N) is 3. The highest BCUT2D eigenvalue weighted by Crippen LogP contribution is 2.18. The van der Waals surface area contributed by atoms with Crippen LogP contribution in [0.5, 0.6) is 5.88 Å². The second-order valence-electron chi connectivity index (χ2n) is 3.33. The fourth-order valence-corrected chi connectivity index (χ4v) is 1.36. The maximum atomic E-state index is 11.5. The molecule has 0 aliphatic rings. The lowest BCUT2D eigenvalue weighted by Gasteiger charge is -1.99. The van der Waals surface area contributed by atoms with Gasteiger partial charge in [-0.25, -0.2) is 14.8 Å². The van der Waals surface area contributed by atoms with Crippen molar-refractivity contribution in [2.45, 2.75) is 6.92 Å². The third-order valence-corrected chi connectivity index (χ3v) is 2.19. The molecule has 0 aromatic carbocycles. The van der Waals surface area contributed by atoms with Gasteiger partial charge < -0.3 is 9.47 Å². The normalized spacial score (nSPS) is 10.1. The number of hydrogen-bond donors (Lipinski definition) is 1. The van der Waals surface area contributed by atoms with E-state index in [0.29, 0.717) is 23.9 Å². The van der Waals surface area contributed by atoms with Gasteiger partial charge in [-0.1, -0.05) is 0 Å². The van der Waals surface area contributed by atoms with Gasteiger partial charge in [-0.05, 0) is 6.92 Å². The Hall–Kier alpha value is -2.44. The van der Waals surface area contributed by atoms with Crippen molar-refractivity contribution in [3.63, 3.8) is 0 Å². The Morgan fingerprint density at radius 2 is 2.22 bits per heavy atom. The Morgan fingerprint density at radius 1 is 1.39 bits per heavy atom. The van der Waals surface area contributed by atoms with Gasteiger partial charge in [0.15, 0.2) is 5.69 Å². The third kappa shape index (κ3) is 2.45. The van der Waals surface area contributed by atoms with Crippen LogP contribution < -0.4 is 4.74 Å². The monoisotopic (exact) mass is 248 g/mol. The Kier molecular flexibility index (Phi) is 3.52. The summed E-state index contributed by atoms with van der Waals surface area (Å²) in [6, 6.07) is 3.21. The average molecular weight is 248 g/mol. The fourth-order valence-electron chi connectivity index (χ4n) is 1.36. The maximum absolute atomic E-state index is 11.5. The van der Waals surface area contributed by atoms with Gasteiger partial charge in [0.2, 0.25) is 5.88 Å². The Bertz CT molecular complexity index is 553. The summed E-state index contributed by atoms with van der Waals surface area (Å²) in [4.78, 5) is 19.4. The molecule has 0 saturated carbocycles. The summed E-state index contributed by atoms with van der Waals surface area (Å²) in [5, 5.41) is 6.58. The van der Waals surface area contributed by atoms with E-state index in [1.54, 1.807) is 19.1 Å². The highest BCUT2D eigenvalue weighted by Gasteiger charge is 2.13. The smallest absolute Gasteiger partial charge is 0.358 e. The molecule has 94 valence electrons. The number of esters is 1. The van der Waals surface area contributed by atoms with E-state index in [1.165, 1.54) is 13.4 Å². The van der Waals surface area contributed by atoms with Crippen molar-refractivity contribution in [3.05, 3.63) is 24.2 Å². The molecular weight excluding hydrogens is 236 g/mol. The van der Waals surface area contributed by atoms with Crippen LogP contribution in [0.25, 0.3) is 11.4 Å². The van der Waals surface area contributed by atoms with Crippen molar-refractivity contribution in [1.29, 1.82) is 0 Å². The van der Waals surface area contributed by atoms with Crippen molar-refractivity contribution in [1.82, 2.24) is 20.2 Å². The molecule has 0 aliphatic heterocycles. The minimum Gasteiger partial charge on any atom is -0.481 e. The number of methoxy groups -OCH3 is 1. The van der Waals surface area contributed by atoms with Crippen LogP contribution in [0.15, 0.2) is 18.5 Å². The molecule has 0 unspecified atom stereocenters. The van der Waals surface area contributed by atoms with E-state index in [1.807, 2.05) is 0 Å². The molecule has 2 aromatic heterocycles. The molecule has 7 nitrogen and oxygen atoms in total. The molecule has 7 heteroatoms. The van der Waals surface area contributed by atoms with Gasteiger partial charge in [-0.15, -0.1) is 0 Å². The number of aromatic amines is 1. The number of rotatable bonds is 4. The van der Waals surface area contributed by atoms with E-state index in [0.717, 1.165) is 0 Å². The molecular formula is C11H12N4O3. The largest absolute Gasteiger partial charge is 0.481 e. The number of carbonyl (C=O) groups is 1. The number of ether oxygens (including phenoxy) is 2. The van der Waals surface area contributed by atoms with Gasteiger partial charge in [0.05, 0.1) is 25.1 Å². The minimum atomic E-state index is -0.471. The first-order valence-corrected chi connectivity index (χ1v) is 5.33. The Morgan fingerprint density at radius 3 is 2.94 bits per heavy atom. The minimum absolute atomic E-state index is 0.212. The van der Waals surface area contributed by atoms with Crippen LogP contribution in [0.3, 0.4) is 0 Å². The molecule has 0 aliphatic carbocycles. The molecule has 0 spiro atoms. The summed E-state index contributed by atoms with van der Waals surface area (Å²) in [6.45, 7) is 2.04. The van der Waals surface area contributed by atoms with Crippen molar-refractivity contribution < 1.29 is 14.3 Å². The van der Waals surface area contributed by atoms with Crippen molar-refractivity contribution in [2.24, 2.45) is 0 Å². The molecule has 2 rings (SSSR count). The number of aromatic nitrogens is 4. The molecule has 0 bridgehead atoms. The highest BCUT2D eigenvalue weighted by atomic mass is 16.5. The van der Waals surface area contributed by atoms with Gasteiger partial charge in [0.1, 0.15) is 6.33 Å². The topological polar surface area (TPSA) is 90.0 Å². The van der Waals surface area contributed by atoms with E-state index >= 15 is 0 Å². The summed E-state index contributed by atoms with van der Waals surface area (Å²) in [5.74, 6) is -0.0340. The number of nitrogens with one attached hydrogen (secondary N) is 1. The van der Waals surface area contributed by atoms with E-state index in [2.05, 4.69) is 20.2 Å². The van der Waals surface area contributed by atoms with Crippen LogP contribution in [0.4, 0.5) is 0 Å². The van der Waals surface area contributed by atoms with Crippen LogP contribution in [0.2, 0.25) is 0 Å². The molecule has 18 heavy (non-hydrogen) atoms. The standard InChI is InChI=1S/C11H12N4O3/c1-3-18-11(16)9-4-8(14-15-9)7-5-10(17-2)13-6-12-7/h4-6H,3H2,1-2H3,(H,14,15). The number of carbonyl (C=O) groups excluding carboxylic acids is 1. The van der Waals surface area contributed by atoms with E-state index in [4.69, 9.17) is 9.47 Å². The summed E-state index contributed by atoms with van der Waals surface area (Å²) >= 11 is 0. The Labute approximate surface area is 103 Å². The second-order valence-corrected chi connectivity index (χ2v) is 3.33. The van der Waals surface area contributed by atoms with Gasteiger partial charge in [0, 0.05) is 12.1 Å². The maximum Gasteiger partial charge on any atom is 0.358 e. The zero-order valence-corrected chi connectivity index (χ0v) is 10.0. The van der Waals surface area contributed by atoms with Crippen molar-refractivity contribution in [3.8, 4) is 17.3 Å². The lowest BCUT2D eigenvalue weighted by molar-refractivity contribution is 0.0519.